The minimum absolute atomic E-state index is 0.223. The van der Waals surface area contributed by atoms with Gasteiger partial charge in [-0.25, -0.2) is 8.42 Å². The summed E-state index contributed by atoms with van der Waals surface area (Å²) in [6.07, 6.45) is 0.883. The van der Waals surface area contributed by atoms with Crippen molar-refractivity contribution in [1.82, 2.24) is 8.87 Å². The van der Waals surface area contributed by atoms with E-state index in [1.807, 2.05) is 30.5 Å². The number of amides is 1. The molecule has 0 atom stereocenters. The zero-order valence-electron chi connectivity index (χ0n) is 19.8. The fourth-order valence-corrected chi connectivity index (χ4v) is 6.90. The number of sulfonamides is 1. The maximum absolute atomic E-state index is 13.1. The number of aryl methyl sites for hydroxylation is 2. The summed E-state index contributed by atoms with van der Waals surface area (Å²) >= 11 is 1.39. The van der Waals surface area contributed by atoms with E-state index in [9.17, 15) is 13.2 Å². The largest absolute Gasteiger partial charge is 0.495 e. The van der Waals surface area contributed by atoms with Crippen molar-refractivity contribution in [2.45, 2.75) is 38.1 Å². The second-order valence-corrected chi connectivity index (χ2v) is 11.1. The van der Waals surface area contributed by atoms with Gasteiger partial charge in [0.15, 0.2) is 4.80 Å². The van der Waals surface area contributed by atoms with E-state index in [-0.39, 0.29) is 16.7 Å². The molecule has 0 N–H and O–H groups in total. The smallest absolute Gasteiger partial charge is 0.251 e. The Labute approximate surface area is 203 Å². The average molecular weight is 504 g/mol. The standard InChI is InChI=1S/C24H29N3O5S2/c1-5-27-21-19(31-3)10-11-20(32-4)22(21)33-24(27)25-23(28)17-12-14-26(15-13-17)34(29,30)18-8-6-16(2)7-9-18/h6-11,17H,5,12-15H2,1-4H3. The Bertz CT molecular complexity index is 1370. The summed E-state index contributed by atoms with van der Waals surface area (Å²) in [6, 6.07) is 10.5. The second-order valence-electron chi connectivity index (χ2n) is 8.22. The van der Waals surface area contributed by atoms with E-state index < -0.39 is 10.0 Å². The van der Waals surface area contributed by atoms with Crippen molar-refractivity contribution in [3.05, 3.63) is 46.8 Å². The van der Waals surface area contributed by atoms with Gasteiger partial charge in [-0.3, -0.25) is 4.79 Å². The van der Waals surface area contributed by atoms with Crippen LogP contribution < -0.4 is 14.3 Å². The molecular weight excluding hydrogens is 474 g/mol. The highest BCUT2D eigenvalue weighted by atomic mass is 32.2. The molecule has 1 aromatic heterocycles. The molecular formula is C24H29N3O5S2. The summed E-state index contributed by atoms with van der Waals surface area (Å²) in [4.78, 5) is 18.4. The van der Waals surface area contributed by atoms with Crippen LogP contribution in [0.15, 0.2) is 46.3 Å². The van der Waals surface area contributed by atoms with Crippen LogP contribution in [0.3, 0.4) is 0 Å². The van der Waals surface area contributed by atoms with E-state index in [0.717, 1.165) is 15.8 Å². The molecule has 0 radical (unpaired) electrons. The van der Waals surface area contributed by atoms with Gasteiger partial charge >= 0.3 is 0 Å². The fraction of sp³-hybridized carbons (Fsp3) is 0.417. The number of carbonyl (C=O) groups excluding carboxylic acids is 1. The number of thiazole rings is 1. The van der Waals surface area contributed by atoms with E-state index in [4.69, 9.17) is 9.47 Å². The molecule has 1 aliphatic heterocycles. The first-order valence-corrected chi connectivity index (χ1v) is 13.5. The first-order chi connectivity index (χ1) is 16.3. The lowest BCUT2D eigenvalue weighted by Gasteiger charge is -2.29. The fourth-order valence-electron chi connectivity index (χ4n) is 4.22. The van der Waals surface area contributed by atoms with E-state index in [1.165, 1.54) is 15.6 Å². The Morgan fingerprint density at radius 1 is 1.06 bits per heavy atom. The van der Waals surface area contributed by atoms with Crippen molar-refractivity contribution in [3.8, 4) is 11.5 Å². The molecule has 1 saturated heterocycles. The molecule has 0 aliphatic carbocycles. The molecule has 34 heavy (non-hydrogen) atoms. The lowest BCUT2D eigenvalue weighted by Crippen LogP contribution is -2.40. The summed E-state index contributed by atoms with van der Waals surface area (Å²) in [7, 11) is -0.349. The predicted molar refractivity (Wildman–Crippen MR) is 132 cm³/mol. The number of nitrogens with zero attached hydrogens (tertiary/aromatic N) is 3. The molecule has 0 saturated carbocycles. The number of piperidine rings is 1. The number of hydrogen-bond acceptors (Lipinski definition) is 6. The molecule has 10 heteroatoms. The highest BCUT2D eigenvalue weighted by Gasteiger charge is 2.32. The van der Waals surface area contributed by atoms with Crippen LogP contribution in [-0.4, -0.2) is 50.5 Å². The van der Waals surface area contributed by atoms with Crippen molar-refractivity contribution in [2.24, 2.45) is 10.9 Å². The average Bonchev–Trinajstić information content (AvgIpc) is 3.21. The first kappa shape index (κ1) is 24.4. The number of carbonyl (C=O) groups is 1. The van der Waals surface area contributed by atoms with Gasteiger partial charge in [0.1, 0.15) is 21.7 Å². The molecule has 8 nitrogen and oxygen atoms in total. The summed E-state index contributed by atoms with van der Waals surface area (Å²) in [5.41, 5.74) is 1.85. The quantitative estimate of drug-likeness (QED) is 0.513. The number of rotatable bonds is 6. The normalized spacial score (nSPS) is 16.2. The molecule has 3 aromatic rings. The number of aromatic nitrogens is 1. The summed E-state index contributed by atoms with van der Waals surface area (Å²) in [5, 5.41) is 0. The van der Waals surface area contributed by atoms with Crippen molar-refractivity contribution in [1.29, 1.82) is 0 Å². The van der Waals surface area contributed by atoms with Gasteiger partial charge in [0.05, 0.1) is 19.1 Å². The van der Waals surface area contributed by atoms with Gasteiger partial charge in [0, 0.05) is 25.6 Å². The van der Waals surface area contributed by atoms with E-state index in [2.05, 4.69) is 4.99 Å². The van der Waals surface area contributed by atoms with Crippen LogP contribution in [-0.2, 0) is 21.4 Å². The van der Waals surface area contributed by atoms with Crippen LogP contribution in [0.5, 0.6) is 11.5 Å². The molecule has 1 amide bonds. The third kappa shape index (κ3) is 4.49. The van der Waals surface area contributed by atoms with Crippen molar-refractivity contribution < 1.29 is 22.7 Å². The van der Waals surface area contributed by atoms with E-state index in [0.29, 0.717) is 48.8 Å². The Morgan fingerprint density at radius 2 is 1.68 bits per heavy atom. The van der Waals surface area contributed by atoms with Gasteiger partial charge in [0.2, 0.25) is 10.0 Å². The van der Waals surface area contributed by atoms with Crippen LogP contribution >= 0.6 is 11.3 Å². The highest BCUT2D eigenvalue weighted by molar-refractivity contribution is 7.89. The lowest BCUT2D eigenvalue weighted by molar-refractivity contribution is -0.122. The van der Waals surface area contributed by atoms with Crippen LogP contribution in [0.2, 0.25) is 0 Å². The third-order valence-electron chi connectivity index (χ3n) is 6.18. The Balaban J connectivity index is 1.57. The van der Waals surface area contributed by atoms with Crippen LogP contribution in [0, 0.1) is 12.8 Å². The highest BCUT2D eigenvalue weighted by Crippen LogP contribution is 2.35. The maximum atomic E-state index is 13.1. The number of ether oxygens (including phenoxy) is 2. The molecule has 0 bridgehead atoms. The van der Waals surface area contributed by atoms with Gasteiger partial charge in [-0.15, -0.1) is 0 Å². The van der Waals surface area contributed by atoms with Crippen LogP contribution in [0.1, 0.15) is 25.3 Å². The molecule has 2 aromatic carbocycles. The molecule has 1 fully saturated rings. The number of fused-ring (bicyclic) bond motifs is 1. The summed E-state index contributed by atoms with van der Waals surface area (Å²) < 4.78 is 41.2. The van der Waals surface area contributed by atoms with Crippen molar-refractivity contribution in [2.75, 3.05) is 27.3 Å². The second kappa shape index (κ2) is 9.89. The molecule has 182 valence electrons. The molecule has 1 aliphatic rings. The molecule has 2 heterocycles. The van der Waals surface area contributed by atoms with Gasteiger partial charge in [0.25, 0.3) is 5.91 Å². The van der Waals surface area contributed by atoms with Gasteiger partial charge in [-0.05, 0) is 51.0 Å². The summed E-state index contributed by atoms with van der Waals surface area (Å²) in [6.45, 7) is 5.11. The van der Waals surface area contributed by atoms with Gasteiger partial charge in [-0.1, -0.05) is 29.0 Å². The Morgan fingerprint density at radius 3 is 2.26 bits per heavy atom. The van der Waals surface area contributed by atoms with Crippen LogP contribution in [0.25, 0.3) is 10.2 Å². The lowest BCUT2D eigenvalue weighted by atomic mass is 9.98. The zero-order chi connectivity index (χ0) is 24.5. The number of benzene rings is 2. The zero-order valence-corrected chi connectivity index (χ0v) is 21.4. The topological polar surface area (TPSA) is 90.2 Å². The Kier molecular flexibility index (Phi) is 7.11. The Hall–Kier alpha value is -2.69. The van der Waals surface area contributed by atoms with Gasteiger partial charge in [-0.2, -0.15) is 9.30 Å². The molecule has 4 rings (SSSR count). The van der Waals surface area contributed by atoms with Gasteiger partial charge < -0.3 is 14.0 Å². The maximum Gasteiger partial charge on any atom is 0.251 e. The molecule has 0 unspecified atom stereocenters. The third-order valence-corrected chi connectivity index (χ3v) is 9.18. The molecule has 0 spiro atoms. The van der Waals surface area contributed by atoms with E-state index >= 15 is 0 Å². The predicted octanol–water partition coefficient (Wildman–Crippen LogP) is 3.58. The number of hydrogen-bond donors (Lipinski definition) is 0. The number of methoxy groups -OCH3 is 2. The van der Waals surface area contributed by atoms with Crippen molar-refractivity contribution in [3.63, 3.8) is 0 Å². The first-order valence-electron chi connectivity index (χ1n) is 11.2. The van der Waals surface area contributed by atoms with Crippen LogP contribution in [0.4, 0.5) is 0 Å². The monoisotopic (exact) mass is 503 g/mol. The minimum Gasteiger partial charge on any atom is -0.495 e. The minimum atomic E-state index is -3.57. The van der Waals surface area contributed by atoms with Crippen molar-refractivity contribution >= 4 is 37.5 Å². The SMILES string of the molecule is CCn1c(=NC(=O)C2CCN(S(=O)(=O)c3ccc(C)cc3)CC2)sc2c(OC)ccc(OC)c21. The summed E-state index contributed by atoms with van der Waals surface area (Å²) in [5.74, 6) is 0.854. The van der Waals surface area contributed by atoms with E-state index in [1.54, 1.807) is 38.5 Å².